The minimum Gasteiger partial charge on any atom is -0.468 e. The first-order valence-electron chi connectivity index (χ1n) is 7.72. The maximum Gasteiger partial charge on any atom is 0.171 e. The molecule has 1 aliphatic heterocycles. The molecule has 1 fully saturated rings. The van der Waals surface area contributed by atoms with Crippen molar-refractivity contribution < 1.29 is 4.42 Å². The lowest BCUT2D eigenvalue weighted by Gasteiger charge is -2.32. The average molecular weight is 301 g/mol. The fourth-order valence-electron chi connectivity index (χ4n) is 2.81. The van der Waals surface area contributed by atoms with Crippen LogP contribution in [0.4, 0.5) is 11.6 Å². The number of aromatic nitrogens is 2. The zero-order valence-electron chi connectivity index (χ0n) is 13.2. The van der Waals surface area contributed by atoms with Gasteiger partial charge in [-0.05, 0) is 25.0 Å². The molecule has 118 valence electrons. The van der Waals surface area contributed by atoms with E-state index in [2.05, 4.69) is 20.2 Å². The van der Waals surface area contributed by atoms with E-state index in [1.807, 2.05) is 31.1 Å². The van der Waals surface area contributed by atoms with Crippen LogP contribution in [0.15, 0.2) is 35.2 Å². The van der Waals surface area contributed by atoms with Crippen molar-refractivity contribution in [2.75, 3.05) is 37.4 Å². The molecule has 0 bridgehead atoms. The Hall–Kier alpha value is -2.08. The Kier molecular flexibility index (Phi) is 4.58. The third-order valence-corrected chi connectivity index (χ3v) is 3.99. The molecule has 3 heterocycles. The molecule has 0 aromatic carbocycles. The second-order valence-electron chi connectivity index (χ2n) is 5.90. The highest BCUT2D eigenvalue weighted by Crippen LogP contribution is 2.22. The molecule has 6 heteroatoms. The lowest BCUT2D eigenvalue weighted by atomic mass is 10.0. The van der Waals surface area contributed by atoms with Gasteiger partial charge in [0, 0.05) is 45.6 Å². The largest absolute Gasteiger partial charge is 0.468 e. The van der Waals surface area contributed by atoms with E-state index in [4.69, 9.17) is 4.42 Å². The molecule has 3 rings (SSSR count). The lowest BCUT2D eigenvalue weighted by molar-refractivity contribution is 0.196. The Balaban J connectivity index is 1.54. The molecular weight excluding hydrogens is 278 g/mol. The quantitative estimate of drug-likeness (QED) is 0.914. The molecule has 0 radical (unpaired) electrons. The van der Waals surface area contributed by atoms with Gasteiger partial charge in [0.05, 0.1) is 12.8 Å². The van der Waals surface area contributed by atoms with Crippen LogP contribution in [0.25, 0.3) is 0 Å². The standard InChI is InChI=1S/C16H23N5O/c1-20(2)16-15(17-7-8-18-16)19-13-5-9-21(10-6-13)12-14-4-3-11-22-14/h3-4,7-8,11,13H,5-6,9-10,12H2,1-2H3,(H,17,19). The number of rotatable bonds is 5. The van der Waals surface area contributed by atoms with Crippen LogP contribution in [-0.2, 0) is 6.54 Å². The van der Waals surface area contributed by atoms with E-state index in [1.54, 1.807) is 18.7 Å². The normalized spacial score (nSPS) is 16.6. The first-order valence-corrected chi connectivity index (χ1v) is 7.72. The summed E-state index contributed by atoms with van der Waals surface area (Å²) >= 11 is 0. The minimum absolute atomic E-state index is 0.447. The molecule has 1 aliphatic rings. The summed E-state index contributed by atoms with van der Waals surface area (Å²) in [6.45, 7) is 3.03. The molecule has 22 heavy (non-hydrogen) atoms. The Bertz CT molecular complexity index is 576. The van der Waals surface area contributed by atoms with Crippen LogP contribution < -0.4 is 10.2 Å². The molecule has 0 atom stereocenters. The van der Waals surface area contributed by atoms with Crippen LogP contribution in [0.2, 0.25) is 0 Å². The van der Waals surface area contributed by atoms with E-state index in [1.165, 1.54) is 0 Å². The van der Waals surface area contributed by atoms with E-state index >= 15 is 0 Å². The van der Waals surface area contributed by atoms with Crippen molar-refractivity contribution in [1.29, 1.82) is 0 Å². The number of hydrogen-bond donors (Lipinski definition) is 1. The molecule has 0 unspecified atom stereocenters. The van der Waals surface area contributed by atoms with Gasteiger partial charge < -0.3 is 14.6 Å². The van der Waals surface area contributed by atoms with Gasteiger partial charge in [-0.25, -0.2) is 9.97 Å². The van der Waals surface area contributed by atoms with Crippen molar-refractivity contribution in [3.05, 3.63) is 36.5 Å². The third-order valence-electron chi connectivity index (χ3n) is 3.99. The Morgan fingerprint density at radius 3 is 2.73 bits per heavy atom. The van der Waals surface area contributed by atoms with Gasteiger partial charge in [-0.3, -0.25) is 4.90 Å². The van der Waals surface area contributed by atoms with Crippen LogP contribution in [0.5, 0.6) is 0 Å². The topological polar surface area (TPSA) is 57.4 Å². The van der Waals surface area contributed by atoms with Crippen LogP contribution in [0.3, 0.4) is 0 Å². The summed E-state index contributed by atoms with van der Waals surface area (Å²) in [6.07, 6.45) is 7.41. The zero-order valence-corrected chi connectivity index (χ0v) is 13.2. The predicted molar refractivity (Wildman–Crippen MR) is 87.0 cm³/mol. The molecule has 1 N–H and O–H groups in total. The number of furan rings is 1. The summed E-state index contributed by atoms with van der Waals surface area (Å²) in [5.41, 5.74) is 0. The molecule has 2 aromatic heterocycles. The summed E-state index contributed by atoms with van der Waals surface area (Å²) in [4.78, 5) is 13.2. The summed E-state index contributed by atoms with van der Waals surface area (Å²) in [7, 11) is 3.97. The first-order chi connectivity index (χ1) is 10.7. The first kappa shape index (κ1) is 14.8. The molecule has 0 amide bonds. The highest BCUT2D eigenvalue weighted by molar-refractivity contribution is 5.60. The Morgan fingerprint density at radius 2 is 2.05 bits per heavy atom. The average Bonchev–Trinajstić information content (AvgIpc) is 3.02. The SMILES string of the molecule is CN(C)c1nccnc1NC1CCN(Cc2ccco2)CC1. The molecule has 6 nitrogen and oxygen atoms in total. The minimum atomic E-state index is 0.447. The van der Waals surface area contributed by atoms with Gasteiger partial charge in [-0.1, -0.05) is 0 Å². The highest BCUT2D eigenvalue weighted by Gasteiger charge is 2.21. The van der Waals surface area contributed by atoms with Crippen LogP contribution >= 0.6 is 0 Å². The number of nitrogens with one attached hydrogen (secondary N) is 1. The van der Waals surface area contributed by atoms with Gasteiger partial charge in [0.2, 0.25) is 0 Å². The van der Waals surface area contributed by atoms with Gasteiger partial charge >= 0.3 is 0 Å². The van der Waals surface area contributed by atoms with E-state index in [0.29, 0.717) is 6.04 Å². The molecule has 0 saturated carbocycles. The summed E-state index contributed by atoms with van der Waals surface area (Å²) in [5, 5.41) is 3.54. The van der Waals surface area contributed by atoms with Gasteiger partial charge in [0.25, 0.3) is 0 Å². The smallest absolute Gasteiger partial charge is 0.171 e. The van der Waals surface area contributed by atoms with E-state index in [0.717, 1.165) is 49.9 Å². The number of likely N-dealkylation sites (tertiary alicyclic amines) is 1. The van der Waals surface area contributed by atoms with Crippen molar-refractivity contribution in [1.82, 2.24) is 14.9 Å². The number of hydrogen-bond acceptors (Lipinski definition) is 6. The van der Waals surface area contributed by atoms with Crippen LogP contribution in [0, 0.1) is 0 Å². The van der Waals surface area contributed by atoms with Crippen molar-refractivity contribution in [3.8, 4) is 0 Å². The number of piperidine rings is 1. The van der Waals surface area contributed by atoms with Crippen LogP contribution in [0.1, 0.15) is 18.6 Å². The second kappa shape index (κ2) is 6.79. The van der Waals surface area contributed by atoms with E-state index in [9.17, 15) is 0 Å². The van der Waals surface area contributed by atoms with Crippen LogP contribution in [-0.4, -0.2) is 48.1 Å². The second-order valence-corrected chi connectivity index (χ2v) is 5.90. The highest BCUT2D eigenvalue weighted by atomic mass is 16.3. The maximum atomic E-state index is 5.42. The maximum absolute atomic E-state index is 5.42. The number of anilines is 2. The Morgan fingerprint density at radius 1 is 1.27 bits per heavy atom. The zero-order chi connectivity index (χ0) is 15.4. The summed E-state index contributed by atoms with van der Waals surface area (Å²) < 4.78 is 5.42. The predicted octanol–water partition coefficient (Wildman–Crippen LogP) is 2.21. The van der Waals surface area contributed by atoms with Gasteiger partial charge in [-0.15, -0.1) is 0 Å². The van der Waals surface area contributed by atoms with Gasteiger partial charge in [0.1, 0.15) is 5.76 Å². The van der Waals surface area contributed by atoms with Crippen molar-refractivity contribution in [3.63, 3.8) is 0 Å². The molecule has 1 saturated heterocycles. The Labute approximate surface area is 131 Å². The van der Waals surface area contributed by atoms with E-state index < -0.39 is 0 Å². The van der Waals surface area contributed by atoms with Crippen molar-refractivity contribution in [2.24, 2.45) is 0 Å². The molecular formula is C16H23N5O. The van der Waals surface area contributed by atoms with E-state index in [-0.39, 0.29) is 0 Å². The van der Waals surface area contributed by atoms with Crippen molar-refractivity contribution >= 4 is 11.6 Å². The van der Waals surface area contributed by atoms with Gasteiger partial charge in [-0.2, -0.15) is 0 Å². The molecule has 2 aromatic rings. The summed E-state index contributed by atoms with van der Waals surface area (Å²) in [6, 6.07) is 4.43. The van der Waals surface area contributed by atoms with Crippen molar-refractivity contribution in [2.45, 2.75) is 25.4 Å². The van der Waals surface area contributed by atoms with Gasteiger partial charge in [0.15, 0.2) is 11.6 Å². The summed E-state index contributed by atoms with van der Waals surface area (Å²) in [5.74, 6) is 2.80. The lowest BCUT2D eigenvalue weighted by Crippen LogP contribution is -2.39. The third kappa shape index (κ3) is 3.57. The molecule has 0 spiro atoms. The monoisotopic (exact) mass is 301 g/mol. The fraction of sp³-hybridized carbons (Fsp3) is 0.500. The molecule has 0 aliphatic carbocycles. The number of nitrogens with zero attached hydrogens (tertiary/aromatic N) is 4. The fourth-order valence-corrected chi connectivity index (χ4v) is 2.81.